The summed E-state index contributed by atoms with van der Waals surface area (Å²) in [6.45, 7) is 4.14. The van der Waals surface area contributed by atoms with Crippen LogP contribution in [0.5, 0.6) is 5.75 Å². The van der Waals surface area contributed by atoms with Gasteiger partial charge in [0.05, 0.1) is 19.1 Å². The van der Waals surface area contributed by atoms with E-state index in [9.17, 15) is 18.0 Å². The summed E-state index contributed by atoms with van der Waals surface area (Å²) in [7, 11) is -2.43. The van der Waals surface area contributed by atoms with Gasteiger partial charge in [0, 0.05) is 19.5 Å². The molecule has 8 nitrogen and oxygen atoms in total. The molecular formula is C31H39N3O5S. The smallest absolute Gasteiger partial charge is 0.244 e. The molecule has 0 saturated heterocycles. The molecule has 0 fully saturated rings. The minimum Gasteiger partial charge on any atom is -0.495 e. The number of methoxy groups -OCH3 is 1. The fourth-order valence-corrected chi connectivity index (χ4v) is 5.35. The van der Waals surface area contributed by atoms with E-state index in [2.05, 4.69) is 5.32 Å². The molecule has 214 valence electrons. The number of carbonyl (C=O) groups excluding carboxylic acids is 2. The molecule has 0 bridgehead atoms. The highest BCUT2D eigenvalue weighted by molar-refractivity contribution is 7.92. The van der Waals surface area contributed by atoms with Crippen LogP contribution >= 0.6 is 0 Å². The Balaban J connectivity index is 2.05. The molecule has 3 aromatic carbocycles. The Hall–Kier alpha value is -3.85. The largest absolute Gasteiger partial charge is 0.495 e. The third-order valence-corrected chi connectivity index (χ3v) is 7.70. The van der Waals surface area contributed by atoms with Crippen LogP contribution in [0.2, 0.25) is 0 Å². The number of unbranched alkanes of at least 4 members (excludes halogenated alkanes) is 1. The lowest BCUT2D eigenvalue weighted by molar-refractivity contribution is -0.140. The van der Waals surface area contributed by atoms with Gasteiger partial charge >= 0.3 is 0 Å². The first-order valence-electron chi connectivity index (χ1n) is 13.4. The molecule has 0 radical (unpaired) electrons. The number of hydrogen-bond acceptors (Lipinski definition) is 5. The van der Waals surface area contributed by atoms with Gasteiger partial charge in [-0.05, 0) is 36.6 Å². The van der Waals surface area contributed by atoms with Crippen molar-refractivity contribution in [2.45, 2.75) is 45.7 Å². The predicted octanol–water partition coefficient (Wildman–Crippen LogP) is 4.33. The lowest BCUT2D eigenvalue weighted by Gasteiger charge is -2.33. The van der Waals surface area contributed by atoms with E-state index < -0.39 is 28.5 Å². The molecule has 0 aliphatic heterocycles. The van der Waals surface area contributed by atoms with E-state index in [1.54, 1.807) is 24.3 Å². The van der Waals surface area contributed by atoms with Crippen LogP contribution in [0.1, 0.15) is 36.5 Å². The minimum absolute atomic E-state index is 0.142. The molecule has 0 spiro atoms. The maximum atomic E-state index is 14.1. The summed E-state index contributed by atoms with van der Waals surface area (Å²) in [6.07, 6.45) is 3.06. The summed E-state index contributed by atoms with van der Waals surface area (Å²) in [5.41, 5.74) is 3.01. The van der Waals surface area contributed by atoms with Gasteiger partial charge in [0.1, 0.15) is 18.3 Å². The summed E-state index contributed by atoms with van der Waals surface area (Å²) in [6, 6.07) is 23.0. The number of carbonyl (C=O) groups is 2. The molecule has 0 aliphatic carbocycles. The van der Waals surface area contributed by atoms with Crippen molar-refractivity contribution in [2.24, 2.45) is 0 Å². The number of sulfonamides is 1. The van der Waals surface area contributed by atoms with Gasteiger partial charge in [0.2, 0.25) is 21.8 Å². The van der Waals surface area contributed by atoms with Crippen LogP contribution in [0.3, 0.4) is 0 Å². The Morgan fingerprint density at radius 2 is 1.62 bits per heavy atom. The molecule has 0 saturated carbocycles. The number of benzene rings is 3. The van der Waals surface area contributed by atoms with Gasteiger partial charge in [-0.15, -0.1) is 0 Å². The standard InChI is InChI=1S/C31H39N3O5S/c1-5-6-19-32-31(36)28(21-25-14-8-7-9-15-25)33(22-26-16-12-13-24(2)20-26)30(35)23-34(40(4,37)38)27-17-10-11-18-29(27)39-3/h7-18,20,28H,5-6,19,21-23H2,1-4H3,(H,32,36)/t28-/m0/s1. The number of nitrogens with one attached hydrogen (secondary N) is 1. The van der Waals surface area contributed by atoms with Crippen molar-refractivity contribution < 1.29 is 22.7 Å². The average molecular weight is 566 g/mol. The first-order valence-corrected chi connectivity index (χ1v) is 15.3. The normalized spacial score (nSPS) is 11.9. The van der Waals surface area contributed by atoms with Crippen LogP contribution < -0.4 is 14.4 Å². The second kappa shape index (κ2) is 14.5. The van der Waals surface area contributed by atoms with E-state index in [0.717, 1.165) is 40.1 Å². The molecule has 1 N–H and O–H groups in total. The number of nitrogens with zero attached hydrogens (tertiary/aromatic N) is 2. The van der Waals surface area contributed by atoms with Crippen molar-refractivity contribution in [1.82, 2.24) is 10.2 Å². The fraction of sp³-hybridized carbons (Fsp3) is 0.355. The average Bonchev–Trinajstić information content (AvgIpc) is 2.93. The molecule has 3 aromatic rings. The van der Waals surface area contributed by atoms with Crippen LogP contribution in [-0.2, 0) is 32.6 Å². The highest BCUT2D eigenvalue weighted by atomic mass is 32.2. The van der Waals surface area contributed by atoms with Crippen LogP contribution in [0.25, 0.3) is 0 Å². The second-order valence-corrected chi connectivity index (χ2v) is 11.7. The van der Waals surface area contributed by atoms with Crippen LogP contribution in [-0.4, -0.2) is 57.6 Å². The van der Waals surface area contributed by atoms with Gasteiger partial charge in [-0.1, -0.05) is 85.6 Å². The Bertz CT molecular complexity index is 1380. The molecule has 0 aromatic heterocycles. The minimum atomic E-state index is -3.88. The van der Waals surface area contributed by atoms with Gasteiger partial charge in [-0.25, -0.2) is 8.42 Å². The van der Waals surface area contributed by atoms with Crippen molar-refractivity contribution >= 4 is 27.5 Å². The van der Waals surface area contributed by atoms with Crippen molar-refractivity contribution in [3.8, 4) is 5.75 Å². The number of rotatable bonds is 14. The van der Waals surface area contributed by atoms with E-state index in [4.69, 9.17) is 4.74 Å². The van der Waals surface area contributed by atoms with Gasteiger partial charge < -0.3 is 15.0 Å². The molecule has 0 heterocycles. The zero-order chi connectivity index (χ0) is 29.1. The fourth-order valence-electron chi connectivity index (χ4n) is 4.50. The van der Waals surface area contributed by atoms with Crippen molar-refractivity contribution in [1.29, 1.82) is 0 Å². The van der Waals surface area contributed by atoms with Gasteiger partial charge in [0.15, 0.2) is 0 Å². The highest BCUT2D eigenvalue weighted by Crippen LogP contribution is 2.30. The summed E-state index contributed by atoms with van der Waals surface area (Å²) in [4.78, 5) is 29.2. The summed E-state index contributed by atoms with van der Waals surface area (Å²) in [5.74, 6) is -0.449. The van der Waals surface area contributed by atoms with Crippen LogP contribution in [0, 0.1) is 6.92 Å². The van der Waals surface area contributed by atoms with Gasteiger partial charge in [-0.3, -0.25) is 13.9 Å². The number of para-hydroxylation sites is 2. The molecule has 40 heavy (non-hydrogen) atoms. The van der Waals surface area contributed by atoms with Crippen molar-refractivity contribution in [2.75, 3.05) is 30.8 Å². The maximum Gasteiger partial charge on any atom is 0.244 e. The van der Waals surface area contributed by atoms with E-state index in [0.29, 0.717) is 12.3 Å². The van der Waals surface area contributed by atoms with Crippen LogP contribution in [0.4, 0.5) is 5.69 Å². The van der Waals surface area contributed by atoms with Crippen molar-refractivity contribution in [3.05, 3.63) is 95.6 Å². The third kappa shape index (κ3) is 8.58. The topological polar surface area (TPSA) is 96.0 Å². The molecule has 1 atom stereocenters. The van der Waals surface area contributed by atoms with Crippen molar-refractivity contribution in [3.63, 3.8) is 0 Å². The zero-order valence-corrected chi connectivity index (χ0v) is 24.5. The quantitative estimate of drug-likeness (QED) is 0.294. The summed E-state index contributed by atoms with van der Waals surface area (Å²) >= 11 is 0. The predicted molar refractivity (Wildman–Crippen MR) is 159 cm³/mol. The monoisotopic (exact) mass is 565 g/mol. The van der Waals surface area contributed by atoms with E-state index in [1.807, 2.05) is 68.4 Å². The van der Waals surface area contributed by atoms with Gasteiger partial charge in [0.25, 0.3) is 0 Å². The zero-order valence-electron chi connectivity index (χ0n) is 23.7. The number of ether oxygens (including phenoxy) is 1. The molecule has 2 amide bonds. The Morgan fingerprint density at radius 1 is 0.950 bits per heavy atom. The number of hydrogen-bond donors (Lipinski definition) is 1. The lowest BCUT2D eigenvalue weighted by atomic mass is 10.0. The molecule has 9 heteroatoms. The van der Waals surface area contributed by atoms with E-state index >= 15 is 0 Å². The number of amides is 2. The van der Waals surface area contributed by atoms with E-state index in [1.165, 1.54) is 12.0 Å². The Labute approximate surface area is 238 Å². The summed E-state index contributed by atoms with van der Waals surface area (Å²) in [5, 5.41) is 2.99. The number of anilines is 1. The third-order valence-electron chi connectivity index (χ3n) is 6.57. The van der Waals surface area contributed by atoms with Gasteiger partial charge in [-0.2, -0.15) is 0 Å². The number of aryl methyl sites for hydroxylation is 1. The summed E-state index contributed by atoms with van der Waals surface area (Å²) < 4.78 is 32.3. The maximum absolute atomic E-state index is 14.1. The Morgan fingerprint density at radius 3 is 2.27 bits per heavy atom. The first-order chi connectivity index (χ1) is 19.1. The van der Waals surface area contributed by atoms with E-state index in [-0.39, 0.29) is 24.6 Å². The highest BCUT2D eigenvalue weighted by Gasteiger charge is 2.33. The molecule has 3 rings (SSSR count). The molecule has 0 unspecified atom stereocenters. The second-order valence-electron chi connectivity index (χ2n) is 9.80. The molecule has 0 aliphatic rings. The Kier molecular flexibility index (Phi) is 11.1. The SMILES string of the molecule is CCCCNC(=O)[C@H](Cc1ccccc1)N(Cc1cccc(C)c1)C(=O)CN(c1ccccc1OC)S(C)(=O)=O. The first kappa shape index (κ1) is 30.7. The molecular weight excluding hydrogens is 526 g/mol. The van der Waals surface area contributed by atoms with Crippen LogP contribution in [0.15, 0.2) is 78.9 Å². The lowest BCUT2D eigenvalue weighted by Crippen LogP contribution is -2.53.